The van der Waals surface area contributed by atoms with Gasteiger partial charge in [0.1, 0.15) is 0 Å². The lowest BCUT2D eigenvalue weighted by Gasteiger charge is -2.28. The Kier molecular flexibility index (Phi) is 3.63. The van der Waals surface area contributed by atoms with Gasteiger partial charge in [0, 0.05) is 36.4 Å². The SMILES string of the molecule is CC(Cn1cncc1C1(C)CCNC1)N1CCCC1. The fourth-order valence-corrected chi connectivity index (χ4v) is 3.59. The van der Waals surface area contributed by atoms with Crippen LogP contribution in [0.25, 0.3) is 0 Å². The van der Waals surface area contributed by atoms with Crippen LogP contribution in [0.15, 0.2) is 12.5 Å². The van der Waals surface area contributed by atoms with Crippen LogP contribution in [0.3, 0.4) is 0 Å². The molecule has 2 atom stereocenters. The summed E-state index contributed by atoms with van der Waals surface area (Å²) in [6.07, 6.45) is 8.04. The van der Waals surface area contributed by atoms with Gasteiger partial charge in [0.15, 0.2) is 0 Å². The highest BCUT2D eigenvalue weighted by molar-refractivity contribution is 5.17. The van der Waals surface area contributed by atoms with Crippen LogP contribution in [-0.4, -0.2) is 46.7 Å². The van der Waals surface area contributed by atoms with E-state index >= 15 is 0 Å². The van der Waals surface area contributed by atoms with Crippen molar-refractivity contribution in [3.63, 3.8) is 0 Å². The van der Waals surface area contributed by atoms with Gasteiger partial charge in [-0.05, 0) is 45.8 Å². The highest BCUT2D eigenvalue weighted by atomic mass is 15.2. The quantitative estimate of drug-likeness (QED) is 0.895. The summed E-state index contributed by atoms with van der Waals surface area (Å²) in [6.45, 7) is 10.5. The van der Waals surface area contributed by atoms with E-state index in [1.165, 1.54) is 38.0 Å². The first kappa shape index (κ1) is 13.1. The molecule has 19 heavy (non-hydrogen) atoms. The van der Waals surface area contributed by atoms with Crippen molar-refractivity contribution in [3.8, 4) is 0 Å². The summed E-state index contributed by atoms with van der Waals surface area (Å²) in [6, 6.07) is 0.619. The number of imidazole rings is 1. The monoisotopic (exact) mass is 262 g/mol. The highest BCUT2D eigenvalue weighted by Gasteiger charge is 2.33. The van der Waals surface area contributed by atoms with Crippen molar-refractivity contribution in [2.75, 3.05) is 26.2 Å². The summed E-state index contributed by atoms with van der Waals surface area (Å²) < 4.78 is 2.38. The Morgan fingerprint density at radius 1 is 1.42 bits per heavy atom. The molecule has 3 heterocycles. The summed E-state index contributed by atoms with van der Waals surface area (Å²) >= 11 is 0. The molecule has 2 aliphatic rings. The van der Waals surface area contributed by atoms with E-state index in [1.807, 2.05) is 6.33 Å². The second-order valence-corrected chi connectivity index (χ2v) is 6.51. The molecule has 1 aromatic rings. The van der Waals surface area contributed by atoms with Gasteiger partial charge < -0.3 is 9.88 Å². The summed E-state index contributed by atoms with van der Waals surface area (Å²) in [5, 5.41) is 3.49. The van der Waals surface area contributed by atoms with Gasteiger partial charge in [0.05, 0.1) is 6.33 Å². The maximum absolute atomic E-state index is 4.41. The molecule has 4 nitrogen and oxygen atoms in total. The van der Waals surface area contributed by atoms with Crippen LogP contribution >= 0.6 is 0 Å². The molecule has 4 heteroatoms. The summed E-state index contributed by atoms with van der Waals surface area (Å²) in [7, 11) is 0. The third kappa shape index (κ3) is 2.56. The summed E-state index contributed by atoms with van der Waals surface area (Å²) in [5.41, 5.74) is 1.67. The zero-order valence-corrected chi connectivity index (χ0v) is 12.2. The van der Waals surface area contributed by atoms with E-state index in [9.17, 15) is 0 Å². The fraction of sp³-hybridized carbons (Fsp3) is 0.800. The van der Waals surface area contributed by atoms with E-state index in [0.29, 0.717) is 6.04 Å². The molecule has 0 amide bonds. The lowest BCUT2D eigenvalue weighted by atomic mass is 9.86. The number of aromatic nitrogens is 2. The van der Waals surface area contributed by atoms with Crippen molar-refractivity contribution in [1.82, 2.24) is 19.8 Å². The van der Waals surface area contributed by atoms with Crippen molar-refractivity contribution in [3.05, 3.63) is 18.2 Å². The number of rotatable bonds is 4. The Labute approximate surface area is 116 Å². The van der Waals surface area contributed by atoms with E-state index in [-0.39, 0.29) is 5.41 Å². The molecule has 0 radical (unpaired) electrons. The molecule has 0 aliphatic carbocycles. The second kappa shape index (κ2) is 5.25. The lowest BCUT2D eigenvalue weighted by Crippen LogP contribution is -2.36. The molecule has 0 bridgehead atoms. The van der Waals surface area contributed by atoms with Crippen LogP contribution in [0.5, 0.6) is 0 Å². The number of hydrogen-bond acceptors (Lipinski definition) is 3. The molecule has 2 unspecified atom stereocenters. The van der Waals surface area contributed by atoms with Gasteiger partial charge in [-0.2, -0.15) is 0 Å². The van der Waals surface area contributed by atoms with Crippen molar-refractivity contribution in [2.45, 2.75) is 51.1 Å². The van der Waals surface area contributed by atoms with Crippen LogP contribution in [0.4, 0.5) is 0 Å². The lowest BCUT2D eigenvalue weighted by molar-refractivity contribution is 0.232. The average Bonchev–Trinajstić information content (AvgIpc) is 3.08. The molecular formula is C15H26N4. The Bertz CT molecular complexity index is 414. The smallest absolute Gasteiger partial charge is 0.0948 e. The van der Waals surface area contributed by atoms with Gasteiger partial charge in [-0.3, -0.25) is 4.90 Å². The van der Waals surface area contributed by atoms with Crippen molar-refractivity contribution in [1.29, 1.82) is 0 Å². The van der Waals surface area contributed by atoms with E-state index < -0.39 is 0 Å². The first-order valence-electron chi connectivity index (χ1n) is 7.64. The maximum Gasteiger partial charge on any atom is 0.0948 e. The summed E-state index contributed by atoms with van der Waals surface area (Å²) in [5.74, 6) is 0. The van der Waals surface area contributed by atoms with Crippen LogP contribution in [0.1, 0.15) is 38.8 Å². The minimum atomic E-state index is 0.265. The van der Waals surface area contributed by atoms with E-state index in [2.05, 4.69) is 39.8 Å². The normalized spacial score (nSPS) is 30.0. The molecule has 3 rings (SSSR count). The number of likely N-dealkylation sites (tertiary alicyclic amines) is 1. The molecule has 0 aromatic carbocycles. The van der Waals surface area contributed by atoms with Crippen molar-refractivity contribution < 1.29 is 0 Å². The first-order valence-corrected chi connectivity index (χ1v) is 7.64. The largest absolute Gasteiger partial charge is 0.332 e. The minimum Gasteiger partial charge on any atom is -0.332 e. The fourth-order valence-electron chi connectivity index (χ4n) is 3.59. The molecule has 0 spiro atoms. The van der Waals surface area contributed by atoms with E-state index in [4.69, 9.17) is 0 Å². The second-order valence-electron chi connectivity index (χ2n) is 6.51. The van der Waals surface area contributed by atoms with Gasteiger partial charge in [-0.25, -0.2) is 4.98 Å². The Morgan fingerprint density at radius 3 is 2.89 bits per heavy atom. The van der Waals surface area contributed by atoms with Crippen LogP contribution < -0.4 is 5.32 Å². The number of hydrogen-bond donors (Lipinski definition) is 1. The van der Waals surface area contributed by atoms with Crippen LogP contribution in [0.2, 0.25) is 0 Å². The number of nitrogens with zero attached hydrogens (tertiary/aromatic N) is 3. The number of nitrogens with one attached hydrogen (secondary N) is 1. The van der Waals surface area contributed by atoms with Gasteiger partial charge in [0.2, 0.25) is 0 Å². The molecule has 2 fully saturated rings. The van der Waals surface area contributed by atoms with Crippen LogP contribution in [-0.2, 0) is 12.0 Å². The van der Waals surface area contributed by atoms with Crippen molar-refractivity contribution >= 4 is 0 Å². The van der Waals surface area contributed by atoms with Gasteiger partial charge in [-0.1, -0.05) is 6.92 Å². The maximum atomic E-state index is 4.41. The molecular weight excluding hydrogens is 236 g/mol. The van der Waals surface area contributed by atoms with E-state index in [1.54, 1.807) is 0 Å². The molecule has 106 valence electrons. The molecule has 1 N–H and O–H groups in total. The van der Waals surface area contributed by atoms with E-state index in [0.717, 1.165) is 19.6 Å². The van der Waals surface area contributed by atoms with Crippen molar-refractivity contribution in [2.24, 2.45) is 0 Å². The Balaban J connectivity index is 1.73. The molecule has 0 saturated carbocycles. The Hall–Kier alpha value is -0.870. The standard InChI is InChI=1S/C15H26N4/c1-13(18-7-3-4-8-18)10-19-12-17-9-14(19)15(2)5-6-16-11-15/h9,12-13,16H,3-8,10-11H2,1-2H3. The molecule has 1 aromatic heterocycles. The zero-order valence-electron chi connectivity index (χ0n) is 12.2. The highest BCUT2D eigenvalue weighted by Crippen LogP contribution is 2.30. The Morgan fingerprint density at radius 2 is 2.21 bits per heavy atom. The predicted octanol–water partition coefficient (Wildman–Crippen LogP) is 1.62. The van der Waals surface area contributed by atoms with Crippen LogP contribution in [0, 0.1) is 0 Å². The molecule has 2 saturated heterocycles. The van der Waals surface area contributed by atoms with Gasteiger partial charge in [-0.15, -0.1) is 0 Å². The summed E-state index contributed by atoms with van der Waals surface area (Å²) in [4.78, 5) is 7.02. The predicted molar refractivity (Wildman–Crippen MR) is 77.3 cm³/mol. The topological polar surface area (TPSA) is 33.1 Å². The third-order valence-electron chi connectivity index (χ3n) is 4.92. The average molecular weight is 262 g/mol. The molecule has 2 aliphatic heterocycles. The third-order valence-corrected chi connectivity index (χ3v) is 4.92. The van der Waals surface area contributed by atoms with Gasteiger partial charge in [0.25, 0.3) is 0 Å². The first-order chi connectivity index (χ1) is 9.19. The minimum absolute atomic E-state index is 0.265. The van der Waals surface area contributed by atoms with Gasteiger partial charge >= 0.3 is 0 Å². The zero-order chi connectivity index (χ0) is 13.3.